The maximum atomic E-state index is 12.9. The summed E-state index contributed by atoms with van der Waals surface area (Å²) in [5, 5.41) is 2.64. The van der Waals surface area contributed by atoms with Crippen LogP contribution in [-0.4, -0.2) is 35.3 Å². The van der Waals surface area contributed by atoms with Gasteiger partial charge in [0.1, 0.15) is 5.82 Å². The molecule has 0 aliphatic carbocycles. The van der Waals surface area contributed by atoms with Crippen molar-refractivity contribution in [2.24, 2.45) is 0 Å². The molecule has 0 saturated heterocycles. The predicted octanol–water partition coefficient (Wildman–Crippen LogP) is 4.22. The fourth-order valence-electron chi connectivity index (χ4n) is 2.34. The van der Waals surface area contributed by atoms with Gasteiger partial charge in [-0.05, 0) is 60.6 Å². The number of hydrogen-bond donors (Lipinski definition) is 1. The van der Waals surface area contributed by atoms with Crippen molar-refractivity contribution in [1.29, 1.82) is 0 Å². The summed E-state index contributed by atoms with van der Waals surface area (Å²) in [6, 6.07) is 10.7. The fourth-order valence-corrected chi connectivity index (χ4v) is 2.88. The molecule has 0 aromatic heterocycles. The Morgan fingerprint density at radius 3 is 2.18 bits per heavy atom. The Balaban J connectivity index is 1.93. The van der Waals surface area contributed by atoms with E-state index in [2.05, 4.69) is 5.32 Å². The minimum absolute atomic E-state index is 0.0239. The van der Waals surface area contributed by atoms with Crippen molar-refractivity contribution in [2.45, 2.75) is 23.9 Å². The third-order valence-corrected chi connectivity index (χ3v) is 4.48. The minimum Gasteiger partial charge on any atom is -0.350 e. The standard InChI is InChI=1S/C19H18F4N2O2S/c1-2-25(12-17(26)24-11-13-3-7-15(20)8-4-13)18(27)14-5-9-16(10-6-14)28-19(21,22)23/h3-10H,2,11-12H2,1H3,(H,24,26). The smallest absolute Gasteiger partial charge is 0.350 e. The molecule has 0 saturated carbocycles. The zero-order valence-electron chi connectivity index (χ0n) is 14.9. The summed E-state index contributed by atoms with van der Waals surface area (Å²) < 4.78 is 50.0. The van der Waals surface area contributed by atoms with Crippen molar-refractivity contribution in [3.05, 3.63) is 65.5 Å². The lowest BCUT2D eigenvalue weighted by Gasteiger charge is -2.20. The molecule has 0 aliphatic rings. The monoisotopic (exact) mass is 414 g/mol. The first-order valence-corrected chi connectivity index (χ1v) is 9.16. The van der Waals surface area contributed by atoms with Gasteiger partial charge in [-0.15, -0.1) is 0 Å². The third-order valence-electron chi connectivity index (χ3n) is 3.74. The summed E-state index contributed by atoms with van der Waals surface area (Å²) >= 11 is -0.261. The van der Waals surface area contributed by atoms with Crippen molar-refractivity contribution in [3.63, 3.8) is 0 Å². The van der Waals surface area contributed by atoms with Crippen molar-refractivity contribution in [3.8, 4) is 0 Å². The number of hydrogen-bond acceptors (Lipinski definition) is 3. The SMILES string of the molecule is CCN(CC(=O)NCc1ccc(F)cc1)C(=O)c1ccc(SC(F)(F)F)cc1. The molecule has 0 atom stereocenters. The number of benzene rings is 2. The summed E-state index contributed by atoms with van der Waals surface area (Å²) in [6.45, 7) is 1.94. The maximum Gasteiger partial charge on any atom is 0.446 e. The lowest BCUT2D eigenvalue weighted by Crippen LogP contribution is -2.40. The van der Waals surface area contributed by atoms with Crippen LogP contribution in [0.1, 0.15) is 22.8 Å². The Kier molecular flexibility index (Phi) is 7.45. The second-order valence-electron chi connectivity index (χ2n) is 5.79. The first kappa shape index (κ1) is 21.7. The van der Waals surface area contributed by atoms with E-state index >= 15 is 0 Å². The number of carbonyl (C=O) groups is 2. The highest BCUT2D eigenvalue weighted by atomic mass is 32.2. The molecule has 2 aromatic carbocycles. The second-order valence-corrected chi connectivity index (χ2v) is 6.93. The number of nitrogens with one attached hydrogen (secondary N) is 1. The van der Waals surface area contributed by atoms with Gasteiger partial charge in [0, 0.05) is 23.5 Å². The topological polar surface area (TPSA) is 49.4 Å². The lowest BCUT2D eigenvalue weighted by atomic mass is 10.2. The highest BCUT2D eigenvalue weighted by Gasteiger charge is 2.29. The molecule has 2 aromatic rings. The van der Waals surface area contributed by atoms with E-state index < -0.39 is 17.3 Å². The average molecular weight is 414 g/mol. The van der Waals surface area contributed by atoms with Gasteiger partial charge in [-0.2, -0.15) is 13.2 Å². The predicted molar refractivity (Wildman–Crippen MR) is 98.2 cm³/mol. The number of nitrogens with zero attached hydrogens (tertiary/aromatic N) is 1. The number of carbonyl (C=O) groups excluding carboxylic acids is 2. The van der Waals surface area contributed by atoms with E-state index in [1.807, 2.05) is 0 Å². The molecule has 0 radical (unpaired) electrons. The minimum atomic E-state index is -4.40. The average Bonchev–Trinajstić information content (AvgIpc) is 2.64. The Bertz CT molecular complexity index is 808. The van der Waals surface area contributed by atoms with E-state index in [0.29, 0.717) is 5.56 Å². The van der Waals surface area contributed by atoms with E-state index in [9.17, 15) is 27.2 Å². The Morgan fingerprint density at radius 2 is 1.64 bits per heavy atom. The first-order chi connectivity index (χ1) is 13.2. The number of likely N-dealkylation sites (N-methyl/N-ethyl adjacent to an activating group) is 1. The van der Waals surface area contributed by atoms with Crippen LogP contribution in [0, 0.1) is 5.82 Å². The highest BCUT2D eigenvalue weighted by Crippen LogP contribution is 2.36. The molecule has 0 fully saturated rings. The molecular formula is C19H18F4N2O2S. The maximum absolute atomic E-state index is 12.9. The fraction of sp³-hybridized carbons (Fsp3) is 0.263. The number of rotatable bonds is 7. The van der Waals surface area contributed by atoms with Crippen LogP contribution >= 0.6 is 11.8 Å². The summed E-state index contributed by atoms with van der Waals surface area (Å²) in [6.07, 6.45) is 0. The zero-order chi connectivity index (χ0) is 20.7. The molecule has 2 amide bonds. The van der Waals surface area contributed by atoms with Gasteiger partial charge in [-0.3, -0.25) is 9.59 Å². The van der Waals surface area contributed by atoms with E-state index in [4.69, 9.17) is 0 Å². The normalized spacial score (nSPS) is 11.2. The van der Waals surface area contributed by atoms with Gasteiger partial charge in [0.2, 0.25) is 5.91 Å². The second kappa shape index (κ2) is 9.59. The van der Waals surface area contributed by atoms with Gasteiger partial charge in [0.05, 0.1) is 6.54 Å². The van der Waals surface area contributed by atoms with Crippen molar-refractivity contribution < 1.29 is 27.2 Å². The Morgan fingerprint density at radius 1 is 1.04 bits per heavy atom. The summed E-state index contributed by atoms with van der Waals surface area (Å²) in [5.74, 6) is -1.23. The van der Waals surface area contributed by atoms with Gasteiger partial charge in [-0.1, -0.05) is 12.1 Å². The van der Waals surface area contributed by atoms with E-state index in [-0.39, 0.29) is 47.7 Å². The lowest BCUT2D eigenvalue weighted by molar-refractivity contribution is -0.121. The number of thioether (sulfide) groups is 1. The van der Waals surface area contributed by atoms with E-state index in [1.165, 1.54) is 41.3 Å². The van der Waals surface area contributed by atoms with Crippen molar-refractivity contribution in [2.75, 3.05) is 13.1 Å². The number of amides is 2. The van der Waals surface area contributed by atoms with Crippen LogP contribution in [-0.2, 0) is 11.3 Å². The molecule has 0 spiro atoms. The summed E-state index contributed by atoms with van der Waals surface area (Å²) in [4.78, 5) is 25.8. The van der Waals surface area contributed by atoms with Crippen LogP contribution in [0.4, 0.5) is 17.6 Å². The van der Waals surface area contributed by atoms with Crippen molar-refractivity contribution >= 4 is 23.6 Å². The van der Waals surface area contributed by atoms with Gasteiger partial charge in [-0.25, -0.2) is 4.39 Å². The van der Waals surface area contributed by atoms with Crippen LogP contribution in [0.2, 0.25) is 0 Å². The number of halogens is 4. The van der Waals surface area contributed by atoms with Gasteiger partial charge < -0.3 is 10.2 Å². The molecule has 2 rings (SSSR count). The summed E-state index contributed by atoms with van der Waals surface area (Å²) in [5.41, 5.74) is -3.49. The summed E-state index contributed by atoms with van der Waals surface area (Å²) in [7, 11) is 0. The van der Waals surface area contributed by atoms with Crippen LogP contribution in [0.25, 0.3) is 0 Å². The quantitative estimate of drug-likeness (QED) is 0.545. The molecule has 150 valence electrons. The Labute approximate surface area is 163 Å². The zero-order valence-corrected chi connectivity index (χ0v) is 15.7. The Hall–Kier alpha value is -2.55. The molecule has 0 heterocycles. The molecule has 9 heteroatoms. The molecule has 0 aliphatic heterocycles. The third kappa shape index (κ3) is 6.88. The molecule has 1 N–H and O–H groups in total. The van der Waals surface area contributed by atoms with E-state index in [0.717, 1.165) is 0 Å². The number of alkyl halides is 3. The van der Waals surface area contributed by atoms with Crippen LogP contribution in [0.3, 0.4) is 0 Å². The van der Waals surface area contributed by atoms with Gasteiger partial charge in [0.25, 0.3) is 5.91 Å². The van der Waals surface area contributed by atoms with E-state index in [1.54, 1.807) is 19.1 Å². The molecular weight excluding hydrogens is 396 g/mol. The van der Waals surface area contributed by atoms with Crippen LogP contribution in [0.5, 0.6) is 0 Å². The molecule has 28 heavy (non-hydrogen) atoms. The van der Waals surface area contributed by atoms with Crippen LogP contribution in [0.15, 0.2) is 53.4 Å². The molecule has 4 nitrogen and oxygen atoms in total. The van der Waals surface area contributed by atoms with Crippen LogP contribution < -0.4 is 5.32 Å². The highest BCUT2D eigenvalue weighted by molar-refractivity contribution is 8.00. The largest absolute Gasteiger partial charge is 0.446 e. The van der Waals surface area contributed by atoms with Gasteiger partial charge in [0.15, 0.2) is 0 Å². The molecule has 0 unspecified atom stereocenters. The molecule has 0 bridgehead atoms. The first-order valence-electron chi connectivity index (χ1n) is 8.34. The van der Waals surface area contributed by atoms with Gasteiger partial charge >= 0.3 is 5.51 Å². The van der Waals surface area contributed by atoms with Crippen molar-refractivity contribution in [1.82, 2.24) is 10.2 Å².